The Balaban J connectivity index is 3.96. The van der Waals surface area contributed by atoms with Crippen LogP contribution in [-0.2, 0) is 14.4 Å². The highest BCUT2D eigenvalue weighted by molar-refractivity contribution is 5.87. The van der Waals surface area contributed by atoms with Gasteiger partial charge in [0.1, 0.15) is 0 Å². The minimum absolute atomic E-state index is 0.0469. The van der Waals surface area contributed by atoms with E-state index in [2.05, 4.69) is 29.8 Å². The van der Waals surface area contributed by atoms with E-state index in [1.807, 2.05) is 0 Å². The summed E-state index contributed by atoms with van der Waals surface area (Å²) in [6, 6.07) is 0. The van der Waals surface area contributed by atoms with E-state index >= 15 is 0 Å². The zero-order valence-electron chi connectivity index (χ0n) is 15.6. The highest BCUT2D eigenvalue weighted by Crippen LogP contribution is 2.16. The van der Waals surface area contributed by atoms with Crippen molar-refractivity contribution in [1.82, 2.24) is 16.0 Å². The van der Waals surface area contributed by atoms with Crippen LogP contribution in [-0.4, -0.2) is 37.4 Å². The van der Waals surface area contributed by atoms with Gasteiger partial charge in [0, 0.05) is 13.5 Å². The Labute approximate surface area is 146 Å². The molecule has 1 unspecified atom stereocenters. The number of carbonyl (C=O) groups is 3. The topological polar surface area (TPSA) is 87.3 Å². The van der Waals surface area contributed by atoms with Crippen LogP contribution in [0.25, 0.3) is 0 Å². The molecule has 0 fully saturated rings. The molecule has 0 aromatic heterocycles. The molecule has 0 aromatic rings. The molecule has 0 bridgehead atoms. The van der Waals surface area contributed by atoms with Crippen molar-refractivity contribution in [3.63, 3.8) is 0 Å². The minimum Gasteiger partial charge on any atom is -0.354 e. The van der Waals surface area contributed by atoms with Gasteiger partial charge in [-0.15, -0.1) is 0 Å². The lowest BCUT2D eigenvalue weighted by molar-refractivity contribution is -0.127. The predicted octanol–water partition coefficient (Wildman–Crippen LogP) is 2.13. The average Bonchev–Trinajstić information content (AvgIpc) is 2.56. The van der Waals surface area contributed by atoms with E-state index in [0.717, 1.165) is 12.8 Å². The summed E-state index contributed by atoms with van der Waals surface area (Å²) in [6.07, 6.45) is 9.60. The Morgan fingerprint density at radius 2 is 1.33 bits per heavy atom. The van der Waals surface area contributed by atoms with E-state index < -0.39 is 0 Å². The second-order valence-corrected chi connectivity index (χ2v) is 6.35. The van der Waals surface area contributed by atoms with E-state index in [4.69, 9.17) is 0 Å². The van der Waals surface area contributed by atoms with Gasteiger partial charge in [0.15, 0.2) is 0 Å². The second-order valence-electron chi connectivity index (χ2n) is 6.35. The van der Waals surface area contributed by atoms with Crippen LogP contribution in [0, 0.1) is 5.92 Å². The maximum Gasteiger partial charge on any atom is 0.239 e. The lowest BCUT2D eigenvalue weighted by Gasteiger charge is -2.17. The highest BCUT2D eigenvalue weighted by Gasteiger charge is 2.11. The van der Waals surface area contributed by atoms with Crippen molar-refractivity contribution < 1.29 is 14.4 Å². The van der Waals surface area contributed by atoms with Gasteiger partial charge in [0.2, 0.25) is 17.7 Å². The summed E-state index contributed by atoms with van der Waals surface area (Å²) >= 11 is 0. The van der Waals surface area contributed by atoms with Crippen LogP contribution in [0.4, 0.5) is 0 Å². The van der Waals surface area contributed by atoms with Gasteiger partial charge < -0.3 is 16.0 Å². The molecule has 0 radical (unpaired) electrons. The van der Waals surface area contributed by atoms with Crippen LogP contribution in [0.15, 0.2) is 0 Å². The quantitative estimate of drug-likeness (QED) is 0.423. The van der Waals surface area contributed by atoms with E-state index in [0.29, 0.717) is 12.5 Å². The Bertz CT molecular complexity index is 373. The standard InChI is InChI=1S/C18H35N3O3/c1-4-6-8-9-11-16(10-7-5-2)12-20-18(24)14-21-17(23)13-19-15(3)22/h16H,4-14H2,1-3H3,(H,19,22)(H,20,24)(H,21,23). The van der Waals surface area contributed by atoms with Gasteiger partial charge in [-0.1, -0.05) is 52.4 Å². The van der Waals surface area contributed by atoms with Gasteiger partial charge in [0.25, 0.3) is 0 Å². The van der Waals surface area contributed by atoms with Gasteiger partial charge in [0.05, 0.1) is 13.1 Å². The molecule has 0 saturated heterocycles. The van der Waals surface area contributed by atoms with Gasteiger partial charge in [-0.05, 0) is 18.8 Å². The summed E-state index contributed by atoms with van der Waals surface area (Å²) in [5.74, 6) is -0.291. The monoisotopic (exact) mass is 341 g/mol. The number of rotatable bonds is 14. The molecule has 0 aliphatic carbocycles. The molecular weight excluding hydrogens is 306 g/mol. The molecule has 0 aromatic carbocycles. The molecule has 6 nitrogen and oxygen atoms in total. The summed E-state index contributed by atoms with van der Waals surface area (Å²) in [4.78, 5) is 34.0. The number of hydrogen-bond donors (Lipinski definition) is 3. The normalized spacial score (nSPS) is 11.6. The van der Waals surface area contributed by atoms with Crippen molar-refractivity contribution in [1.29, 1.82) is 0 Å². The molecule has 0 aliphatic rings. The second kappa shape index (κ2) is 15.0. The van der Waals surface area contributed by atoms with E-state index in [-0.39, 0.29) is 30.8 Å². The van der Waals surface area contributed by atoms with Crippen molar-refractivity contribution in [2.45, 2.75) is 72.1 Å². The minimum atomic E-state index is -0.359. The van der Waals surface area contributed by atoms with Crippen LogP contribution in [0.5, 0.6) is 0 Å². The molecule has 0 rings (SSSR count). The molecule has 0 heterocycles. The van der Waals surface area contributed by atoms with E-state index in [1.165, 1.54) is 45.4 Å². The largest absolute Gasteiger partial charge is 0.354 e. The first-order chi connectivity index (χ1) is 11.5. The van der Waals surface area contributed by atoms with Crippen molar-refractivity contribution in [3.8, 4) is 0 Å². The number of carbonyl (C=O) groups excluding carboxylic acids is 3. The smallest absolute Gasteiger partial charge is 0.239 e. The average molecular weight is 341 g/mol. The highest BCUT2D eigenvalue weighted by atomic mass is 16.2. The van der Waals surface area contributed by atoms with E-state index in [9.17, 15) is 14.4 Å². The van der Waals surface area contributed by atoms with Gasteiger partial charge in [-0.2, -0.15) is 0 Å². The SMILES string of the molecule is CCCCCCC(CCCC)CNC(=O)CNC(=O)CNC(C)=O. The van der Waals surface area contributed by atoms with Crippen molar-refractivity contribution in [2.24, 2.45) is 5.92 Å². The Kier molecular flexibility index (Phi) is 14.0. The third-order valence-electron chi connectivity index (χ3n) is 3.96. The van der Waals surface area contributed by atoms with Crippen LogP contribution in [0.2, 0.25) is 0 Å². The van der Waals surface area contributed by atoms with Crippen LogP contribution < -0.4 is 16.0 Å². The number of hydrogen-bond acceptors (Lipinski definition) is 3. The fourth-order valence-corrected chi connectivity index (χ4v) is 2.47. The molecular formula is C18H35N3O3. The zero-order valence-corrected chi connectivity index (χ0v) is 15.6. The lowest BCUT2D eigenvalue weighted by atomic mass is 9.95. The van der Waals surface area contributed by atoms with Crippen molar-refractivity contribution in [3.05, 3.63) is 0 Å². The van der Waals surface area contributed by atoms with Crippen LogP contribution in [0.3, 0.4) is 0 Å². The fraction of sp³-hybridized carbons (Fsp3) is 0.833. The zero-order chi connectivity index (χ0) is 18.2. The Morgan fingerprint density at radius 3 is 1.96 bits per heavy atom. The first kappa shape index (κ1) is 22.4. The third-order valence-corrected chi connectivity index (χ3v) is 3.96. The lowest BCUT2D eigenvalue weighted by Crippen LogP contribution is -2.42. The molecule has 6 heteroatoms. The third kappa shape index (κ3) is 14.0. The summed E-state index contributed by atoms with van der Waals surface area (Å²) in [6.45, 7) is 6.25. The van der Waals surface area contributed by atoms with Gasteiger partial charge >= 0.3 is 0 Å². The van der Waals surface area contributed by atoms with Crippen molar-refractivity contribution in [2.75, 3.05) is 19.6 Å². The van der Waals surface area contributed by atoms with E-state index in [1.54, 1.807) is 0 Å². The van der Waals surface area contributed by atoms with Gasteiger partial charge in [-0.3, -0.25) is 14.4 Å². The molecule has 24 heavy (non-hydrogen) atoms. The van der Waals surface area contributed by atoms with Crippen molar-refractivity contribution >= 4 is 17.7 Å². The molecule has 1 atom stereocenters. The molecule has 140 valence electrons. The molecule has 3 N–H and O–H groups in total. The first-order valence-electron chi connectivity index (χ1n) is 9.27. The van der Waals surface area contributed by atoms with Gasteiger partial charge in [-0.25, -0.2) is 0 Å². The summed E-state index contributed by atoms with van der Waals surface area (Å²) < 4.78 is 0. The maximum absolute atomic E-state index is 11.8. The Morgan fingerprint density at radius 1 is 0.750 bits per heavy atom. The number of nitrogens with one attached hydrogen (secondary N) is 3. The first-order valence-corrected chi connectivity index (χ1v) is 9.27. The molecule has 0 saturated carbocycles. The Hall–Kier alpha value is -1.59. The molecule has 0 aliphatic heterocycles. The molecule has 0 spiro atoms. The predicted molar refractivity (Wildman–Crippen MR) is 96.5 cm³/mol. The fourth-order valence-electron chi connectivity index (χ4n) is 2.47. The molecule has 3 amide bonds. The summed E-state index contributed by atoms with van der Waals surface area (Å²) in [7, 11) is 0. The number of unbranched alkanes of at least 4 members (excludes halogenated alkanes) is 4. The maximum atomic E-state index is 11.8. The number of amides is 3. The van der Waals surface area contributed by atoms with Crippen LogP contribution in [0.1, 0.15) is 72.1 Å². The van der Waals surface area contributed by atoms with Crippen LogP contribution >= 0.6 is 0 Å². The summed E-state index contributed by atoms with van der Waals surface area (Å²) in [5, 5.41) is 7.80. The summed E-state index contributed by atoms with van der Waals surface area (Å²) in [5.41, 5.74) is 0.